The molecule has 5 heteroatoms. The Labute approximate surface area is 66.3 Å². The molecule has 0 spiro atoms. The summed E-state index contributed by atoms with van der Waals surface area (Å²) in [5, 5.41) is 9.54. The highest BCUT2D eigenvalue weighted by Gasteiger charge is 2.11. The fraction of sp³-hybridized carbons (Fsp3) is 0. The second kappa shape index (κ2) is 2.35. The third-order valence-corrected chi connectivity index (χ3v) is 1.96. The molecule has 0 N–H and O–H groups in total. The van der Waals surface area contributed by atoms with E-state index in [2.05, 4.69) is 15.2 Å². The number of amides is 1. The maximum Gasteiger partial charge on any atom is 0.290 e. The lowest BCUT2D eigenvalue weighted by Gasteiger charge is -1.84. The van der Waals surface area contributed by atoms with E-state index >= 15 is 0 Å². The first-order chi connectivity index (χ1) is 5.36. The lowest BCUT2D eigenvalue weighted by Crippen LogP contribution is -1.78. The van der Waals surface area contributed by atoms with Gasteiger partial charge in [-0.1, -0.05) is 0 Å². The molecule has 0 unspecified atom stereocenters. The minimum atomic E-state index is -0.310. The van der Waals surface area contributed by atoms with Crippen molar-refractivity contribution in [3.63, 3.8) is 0 Å². The molecule has 0 radical (unpaired) electrons. The van der Waals surface area contributed by atoms with Crippen LogP contribution in [0.3, 0.4) is 0 Å². The van der Waals surface area contributed by atoms with E-state index in [-0.39, 0.29) is 5.91 Å². The van der Waals surface area contributed by atoms with Crippen molar-refractivity contribution < 1.29 is 4.79 Å². The number of nitrogens with zero attached hydrogens (tertiary/aromatic N) is 3. The first kappa shape index (κ1) is 6.36. The van der Waals surface area contributed by atoms with E-state index in [0.29, 0.717) is 5.70 Å². The normalized spacial score (nSPS) is 15.6. The summed E-state index contributed by atoms with van der Waals surface area (Å²) in [5.41, 5.74) is 0.560. The van der Waals surface area contributed by atoms with Gasteiger partial charge in [-0.25, -0.2) is 4.98 Å². The maximum absolute atomic E-state index is 10.6. The number of azo groups is 1. The summed E-state index contributed by atoms with van der Waals surface area (Å²) in [6.07, 6.45) is 3.04. The Kier molecular flexibility index (Phi) is 1.36. The van der Waals surface area contributed by atoms with Crippen molar-refractivity contribution in [3.05, 3.63) is 22.7 Å². The summed E-state index contributed by atoms with van der Waals surface area (Å²) < 4.78 is 0. The van der Waals surface area contributed by atoms with Crippen LogP contribution in [0.4, 0.5) is 0 Å². The summed E-state index contributed by atoms with van der Waals surface area (Å²) in [5.74, 6) is -0.310. The fourth-order valence-electron chi connectivity index (χ4n) is 0.732. The van der Waals surface area contributed by atoms with E-state index in [0.717, 1.165) is 5.01 Å². The van der Waals surface area contributed by atoms with Gasteiger partial charge in [-0.05, 0) is 0 Å². The smallest absolute Gasteiger partial charge is 0.266 e. The molecule has 1 aromatic rings. The van der Waals surface area contributed by atoms with Crippen molar-refractivity contribution in [1.29, 1.82) is 0 Å². The van der Waals surface area contributed by atoms with Gasteiger partial charge in [0.2, 0.25) is 0 Å². The van der Waals surface area contributed by atoms with E-state index in [1.54, 1.807) is 6.20 Å². The molecule has 0 aromatic carbocycles. The lowest BCUT2D eigenvalue weighted by molar-refractivity contribution is -0.113. The van der Waals surface area contributed by atoms with Crippen LogP contribution in [0, 0.1) is 0 Å². The Hall–Kier alpha value is -1.36. The number of carbonyl (C=O) groups is 1. The van der Waals surface area contributed by atoms with Gasteiger partial charge in [0, 0.05) is 17.7 Å². The number of hydrogen-bond acceptors (Lipinski definition) is 4. The van der Waals surface area contributed by atoms with Gasteiger partial charge < -0.3 is 0 Å². The first-order valence-electron chi connectivity index (χ1n) is 2.93. The zero-order chi connectivity index (χ0) is 7.68. The molecule has 0 atom stereocenters. The fourth-order valence-corrected chi connectivity index (χ4v) is 1.33. The van der Waals surface area contributed by atoms with E-state index in [1.807, 2.05) is 5.38 Å². The molecule has 54 valence electrons. The Bertz CT molecular complexity index is 339. The highest BCUT2D eigenvalue weighted by molar-refractivity contribution is 7.10. The van der Waals surface area contributed by atoms with Crippen LogP contribution in [-0.4, -0.2) is 10.9 Å². The third-order valence-electron chi connectivity index (χ3n) is 1.17. The number of thiazole rings is 1. The average molecular weight is 165 g/mol. The van der Waals surface area contributed by atoms with Crippen LogP contribution in [0.2, 0.25) is 0 Å². The molecule has 11 heavy (non-hydrogen) atoms. The Balaban J connectivity index is 2.40. The van der Waals surface area contributed by atoms with Crippen molar-refractivity contribution in [2.45, 2.75) is 0 Å². The van der Waals surface area contributed by atoms with E-state index in [1.165, 1.54) is 17.4 Å². The van der Waals surface area contributed by atoms with E-state index < -0.39 is 0 Å². The predicted octanol–water partition coefficient (Wildman–Crippen LogP) is 1.48. The zero-order valence-electron chi connectivity index (χ0n) is 5.39. The third kappa shape index (κ3) is 1.10. The number of aromatic nitrogens is 1. The van der Waals surface area contributed by atoms with Gasteiger partial charge in [0.05, 0.1) is 0 Å². The molecule has 0 saturated carbocycles. The molecule has 2 rings (SSSR count). The molecule has 1 aromatic heterocycles. The van der Waals surface area contributed by atoms with Gasteiger partial charge in [-0.2, -0.15) is 0 Å². The summed E-state index contributed by atoms with van der Waals surface area (Å²) in [7, 11) is 0. The second-order valence-corrected chi connectivity index (χ2v) is 2.80. The maximum atomic E-state index is 10.6. The second-order valence-electron chi connectivity index (χ2n) is 1.91. The molecule has 0 saturated heterocycles. The van der Waals surface area contributed by atoms with Crippen molar-refractivity contribution in [2.75, 3.05) is 0 Å². The van der Waals surface area contributed by atoms with Gasteiger partial charge in [0.15, 0.2) is 0 Å². The van der Waals surface area contributed by atoms with Gasteiger partial charge >= 0.3 is 0 Å². The Morgan fingerprint density at radius 1 is 1.36 bits per heavy atom. The van der Waals surface area contributed by atoms with Gasteiger partial charge in [-0.15, -0.1) is 21.6 Å². The molecule has 2 heterocycles. The molecule has 0 fully saturated rings. The topological polar surface area (TPSA) is 54.7 Å². The minimum Gasteiger partial charge on any atom is -0.266 e. The highest BCUT2D eigenvalue weighted by atomic mass is 32.1. The number of rotatable bonds is 1. The summed E-state index contributed by atoms with van der Waals surface area (Å²) in [6.45, 7) is 0. The molecule has 1 amide bonds. The van der Waals surface area contributed by atoms with Gasteiger partial charge in [0.1, 0.15) is 10.7 Å². The summed E-state index contributed by atoms with van der Waals surface area (Å²) >= 11 is 1.44. The van der Waals surface area contributed by atoms with Gasteiger partial charge in [0.25, 0.3) is 5.91 Å². The van der Waals surface area contributed by atoms with Crippen molar-refractivity contribution in [1.82, 2.24) is 4.98 Å². The van der Waals surface area contributed by atoms with Crippen LogP contribution in [0.1, 0.15) is 5.01 Å². The van der Waals surface area contributed by atoms with Crippen LogP contribution >= 0.6 is 11.3 Å². The number of hydrogen-bond donors (Lipinski definition) is 0. The molecular weight excluding hydrogens is 162 g/mol. The van der Waals surface area contributed by atoms with Crippen LogP contribution < -0.4 is 0 Å². The summed E-state index contributed by atoms with van der Waals surface area (Å²) in [4.78, 5) is 14.6. The molecule has 0 bridgehead atoms. The highest BCUT2D eigenvalue weighted by Crippen LogP contribution is 2.21. The largest absolute Gasteiger partial charge is 0.290 e. The number of carbonyl (C=O) groups excluding carboxylic acids is 1. The van der Waals surface area contributed by atoms with Crippen LogP contribution in [-0.2, 0) is 4.79 Å². The monoisotopic (exact) mass is 165 g/mol. The quantitative estimate of drug-likeness (QED) is 0.632. The average Bonchev–Trinajstić information content (AvgIpc) is 2.55. The minimum absolute atomic E-state index is 0.310. The van der Waals surface area contributed by atoms with Gasteiger partial charge in [-0.3, -0.25) is 4.79 Å². The molecule has 1 aliphatic rings. The van der Waals surface area contributed by atoms with Crippen molar-refractivity contribution in [2.24, 2.45) is 10.2 Å². The SMILES string of the molecule is O=C1C=C(c2nccs2)N=N1. The molecular formula is C6H3N3OS. The molecule has 4 nitrogen and oxygen atoms in total. The standard InChI is InChI=1S/C6H3N3OS/c10-5-3-4(8-9-5)6-7-1-2-11-6/h1-3H. The van der Waals surface area contributed by atoms with E-state index in [4.69, 9.17) is 0 Å². The van der Waals surface area contributed by atoms with Crippen LogP contribution in [0.25, 0.3) is 5.70 Å². The van der Waals surface area contributed by atoms with Crippen LogP contribution in [0.5, 0.6) is 0 Å². The van der Waals surface area contributed by atoms with Crippen LogP contribution in [0.15, 0.2) is 27.9 Å². The zero-order valence-corrected chi connectivity index (χ0v) is 6.21. The first-order valence-corrected chi connectivity index (χ1v) is 3.81. The van der Waals surface area contributed by atoms with Crippen molar-refractivity contribution >= 4 is 22.9 Å². The molecule has 1 aliphatic heterocycles. The Morgan fingerprint density at radius 2 is 2.27 bits per heavy atom. The predicted molar refractivity (Wildman–Crippen MR) is 40.0 cm³/mol. The van der Waals surface area contributed by atoms with E-state index in [9.17, 15) is 4.79 Å². The lowest BCUT2D eigenvalue weighted by atomic mass is 10.4. The molecule has 0 aliphatic carbocycles. The Morgan fingerprint density at radius 3 is 2.82 bits per heavy atom. The van der Waals surface area contributed by atoms with Crippen molar-refractivity contribution in [3.8, 4) is 0 Å². The summed E-state index contributed by atoms with van der Waals surface area (Å²) in [6, 6.07) is 0.